The molecule has 0 saturated carbocycles. The summed E-state index contributed by atoms with van der Waals surface area (Å²) >= 11 is 7.45. The highest BCUT2D eigenvalue weighted by Gasteiger charge is 2.16. The van der Waals surface area contributed by atoms with Gasteiger partial charge in [-0.15, -0.1) is 11.3 Å². The second-order valence-corrected chi connectivity index (χ2v) is 6.04. The van der Waals surface area contributed by atoms with E-state index in [9.17, 15) is 9.59 Å². The number of nitrogens with zero attached hydrogens (tertiary/aromatic N) is 2. The van der Waals surface area contributed by atoms with Crippen molar-refractivity contribution >= 4 is 51.4 Å². The SMILES string of the molecule is CC(=O)Nc1ccc(/C=C/C(=O)c2c(Cl)nc3sccn23)cc1. The van der Waals surface area contributed by atoms with Crippen molar-refractivity contribution in [2.45, 2.75) is 6.92 Å². The Balaban J connectivity index is 1.79. The molecule has 116 valence electrons. The summed E-state index contributed by atoms with van der Waals surface area (Å²) in [6.45, 7) is 1.45. The van der Waals surface area contributed by atoms with Crippen molar-refractivity contribution in [1.82, 2.24) is 9.38 Å². The van der Waals surface area contributed by atoms with Gasteiger partial charge in [0, 0.05) is 24.2 Å². The number of fused-ring (bicyclic) bond motifs is 1. The molecule has 0 aliphatic heterocycles. The molecule has 0 radical (unpaired) electrons. The Bertz CT molecular complexity index is 909. The first-order valence-electron chi connectivity index (χ1n) is 6.76. The molecule has 0 aliphatic carbocycles. The summed E-state index contributed by atoms with van der Waals surface area (Å²) in [5.41, 5.74) is 1.91. The highest BCUT2D eigenvalue weighted by Crippen LogP contribution is 2.22. The van der Waals surface area contributed by atoms with Crippen LogP contribution in [0.2, 0.25) is 5.15 Å². The zero-order chi connectivity index (χ0) is 16.4. The molecular formula is C16H12ClN3O2S. The van der Waals surface area contributed by atoms with E-state index in [1.54, 1.807) is 28.8 Å². The summed E-state index contributed by atoms with van der Waals surface area (Å²) in [5.74, 6) is -0.342. The van der Waals surface area contributed by atoms with Crippen molar-refractivity contribution in [3.05, 3.63) is 58.3 Å². The van der Waals surface area contributed by atoms with E-state index in [4.69, 9.17) is 11.6 Å². The highest BCUT2D eigenvalue weighted by molar-refractivity contribution is 7.15. The quantitative estimate of drug-likeness (QED) is 0.576. The van der Waals surface area contributed by atoms with Crippen LogP contribution >= 0.6 is 22.9 Å². The largest absolute Gasteiger partial charge is 0.326 e. The van der Waals surface area contributed by atoms with E-state index in [1.807, 2.05) is 17.5 Å². The molecule has 0 spiro atoms. The molecule has 0 saturated heterocycles. The number of carbonyl (C=O) groups is 2. The zero-order valence-corrected chi connectivity index (χ0v) is 13.7. The van der Waals surface area contributed by atoms with Crippen LogP contribution in [0.25, 0.3) is 11.0 Å². The smallest absolute Gasteiger partial charge is 0.221 e. The predicted octanol–water partition coefficient (Wildman–Crippen LogP) is 3.90. The minimum absolute atomic E-state index is 0.126. The minimum atomic E-state index is -0.216. The number of hydrogen-bond donors (Lipinski definition) is 1. The lowest BCUT2D eigenvalue weighted by molar-refractivity contribution is -0.114. The fourth-order valence-corrected chi connectivity index (χ4v) is 3.14. The maximum atomic E-state index is 12.3. The molecule has 2 heterocycles. The van der Waals surface area contributed by atoms with Gasteiger partial charge in [0.15, 0.2) is 10.1 Å². The lowest BCUT2D eigenvalue weighted by Gasteiger charge is -2.01. The summed E-state index contributed by atoms with van der Waals surface area (Å²) in [5, 5.41) is 4.73. The van der Waals surface area contributed by atoms with E-state index in [-0.39, 0.29) is 16.8 Å². The third-order valence-corrected chi connectivity index (χ3v) is 4.13. The number of benzene rings is 1. The van der Waals surface area contributed by atoms with Crippen molar-refractivity contribution in [2.24, 2.45) is 0 Å². The van der Waals surface area contributed by atoms with Crippen LogP contribution in [-0.4, -0.2) is 21.1 Å². The summed E-state index contributed by atoms with van der Waals surface area (Å²) in [6, 6.07) is 7.17. The second-order valence-electron chi connectivity index (χ2n) is 4.81. The molecule has 23 heavy (non-hydrogen) atoms. The Labute approximate surface area is 141 Å². The molecule has 1 amide bonds. The molecular weight excluding hydrogens is 334 g/mol. The molecule has 2 aromatic heterocycles. The number of imidazole rings is 1. The minimum Gasteiger partial charge on any atom is -0.326 e. The first-order valence-corrected chi connectivity index (χ1v) is 8.01. The lowest BCUT2D eigenvalue weighted by Crippen LogP contribution is -2.05. The first kappa shape index (κ1) is 15.5. The Morgan fingerprint density at radius 3 is 2.74 bits per heavy atom. The number of aromatic nitrogens is 2. The van der Waals surface area contributed by atoms with E-state index in [0.717, 1.165) is 5.56 Å². The van der Waals surface area contributed by atoms with Crippen molar-refractivity contribution in [3.8, 4) is 0 Å². The predicted molar refractivity (Wildman–Crippen MR) is 92.2 cm³/mol. The Morgan fingerprint density at radius 2 is 2.04 bits per heavy atom. The zero-order valence-electron chi connectivity index (χ0n) is 12.1. The van der Waals surface area contributed by atoms with Gasteiger partial charge in [-0.25, -0.2) is 4.98 Å². The van der Waals surface area contributed by atoms with Crippen LogP contribution in [0.15, 0.2) is 41.9 Å². The molecule has 0 unspecified atom stereocenters. The van der Waals surface area contributed by atoms with E-state index in [1.165, 1.54) is 24.3 Å². The number of thiazole rings is 1. The number of amides is 1. The summed E-state index contributed by atoms with van der Waals surface area (Å²) in [7, 11) is 0. The molecule has 3 aromatic rings. The van der Waals surface area contributed by atoms with Crippen LogP contribution < -0.4 is 5.32 Å². The number of ketones is 1. The first-order chi connectivity index (χ1) is 11.0. The van der Waals surface area contributed by atoms with Crippen LogP contribution in [-0.2, 0) is 4.79 Å². The average molecular weight is 346 g/mol. The lowest BCUT2D eigenvalue weighted by atomic mass is 10.1. The van der Waals surface area contributed by atoms with Gasteiger partial charge in [-0.05, 0) is 23.8 Å². The summed E-state index contributed by atoms with van der Waals surface area (Å²) < 4.78 is 1.68. The van der Waals surface area contributed by atoms with Crippen LogP contribution in [0, 0.1) is 0 Å². The van der Waals surface area contributed by atoms with Gasteiger partial charge in [0.25, 0.3) is 0 Å². The molecule has 7 heteroatoms. The van der Waals surface area contributed by atoms with Gasteiger partial charge >= 0.3 is 0 Å². The van der Waals surface area contributed by atoms with Gasteiger partial charge in [-0.3, -0.25) is 14.0 Å². The monoisotopic (exact) mass is 345 g/mol. The van der Waals surface area contributed by atoms with E-state index in [2.05, 4.69) is 10.3 Å². The summed E-state index contributed by atoms with van der Waals surface area (Å²) in [6.07, 6.45) is 4.92. The van der Waals surface area contributed by atoms with Crippen LogP contribution in [0.3, 0.4) is 0 Å². The number of anilines is 1. The van der Waals surface area contributed by atoms with Crippen molar-refractivity contribution in [2.75, 3.05) is 5.32 Å². The highest BCUT2D eigenvalue weighted by atomic mass is 35.5. The third-order valence-electron chi connectivity index (χ3n) is 3.11. The number of allylic oxidation sites excluding steroid dienone is 1. The topological polar surface area (TPSA) is 63.5 Å². The normalized spacial score (nSPS) is 11.2. The van der Waals surface area contributed by atoms with Crippen molar-refractivity contribution in [1.29, 1.82) is 0 Å². The number of halogens is 1. The second kappa shape index (κ2) is 6.36. The summed E-state index contributed by atoms with van der Waals surface area (Å²) in [4.78, 5) is 28.1. The molecule has 0 aliphatic rings. The molecule has 0 atom stereocenters. The number of rotatable bonds is 4. The molecule has 0 fully saturated rings. The van der Waals surface area contributed by atoms with Crippen molar-refractivity contribution in [3.63, 3.8) is 0 Å². The number of carbonyl (C=O) groups excluding carboxylic acids is 2. The van der Waals surface area contributed by atoms with E-state index in [0.29, 0.717) is 16.3 Å². The van der Waals surface area contributed by atoms with E-state index < -0.39 is 0 Å². The molecule has 1 N–H and O–H groups in total. The number of hydrogen-bond acceptors (Lipinski definition) is 4. The third kappa shape index (κ3) is 3.33. The molecule has 0 bridgehead atoms. The van der Waals surface area contributed by atoms with Gasteiger partial charge in [0.05, 0.1) is 0 Å². The van der Waals surface area contributed by atoms with Gasteiger partial charge in [0.1, 0.15) is 5.69 Å². The van der Waals surface area contributed by atoms with E-state index >= 15 is 0 Å². The van der Waals surface area contributed by atoms with Gasteiger partial charge in [-0.1, -0.05) is 29.8 Å². The Kier molecular flexibility index (Phi) is 4.27. The Hall–Kier alpha value is -2.44. The van der Waals surface area contributed by atoms with Gasteiger partial charge < -0.3 is 5.32 Å². The van der Waals surface area contributed by atoms with Crippen LogP contribution in [0.5, 0.6) is 0 Å². The molecule has 5 nitrogen and oxygen atoms in total. The van der Waals surface area contributed by atoms with Crippen molar-refractivity contribution < 1.29 is 9.59 Å². The van der Waals surface area contributed by atoms with Crippen LogP contribution in [0.4, 0.5) is 5.69 Å². The maximum absolute atomic E-state index is 12.3. The van der Waals surface area contributed by atoms with Gasteiger partial charge in [0.2, 0.25) is 11.7 Å². The average Bonchev–Trinajstić information content (AvgIpc) is 3.05. The molecule has 3 rings (SSSR count). The molecule has 1 aromatic carbocycles. The Morgan fingerprint density at radius 1 is 1.30 bits per heavy atom. The standard InChI is InChI=1S/C16H12ClN3O2S/c1-10(21)18-12-5-2-11(3-6-12)4-7-13(22)14-15(17)19-16-20(14)8-9-23-16/h2-9H,1H3,(H,18,21)/b7-4+. The fraction of sp³-hybridized carbons (Fsp3) is 0.0625. The van der Waals surface area contributed by atoms with Gasteiger partial charge in [-0.2, -0.15) is 0 Å². The maximum Gasteiger partial charge on any atom is 0.221 e. The fourth-order valence-electron chi connectivity index (χ4n) is 2.11. The van der Waals surface area contributed by atoms with Crippen LogP contribution in [0.1, 0.15) is 23.0 Å². The number of nitrogens with one attached hydrogen (secondary N) is 1.